The number of hydrogen-bond donors (Lipinski definition) is 0. The molecule has 1 radical (unpaired) electrons. The molecule has 1 aromatic heterocycles. The summed E-state index contributed by atoms with van der Waals surface area (Å²) in [7, 11) is 3.14. The van der Waals surface area contributed by atoms with Gasteiger partial charge in [-0.2, -0.15) is 0 Å². The van der Waals surface area contributed by atoms with Crippen molar-refractivity contribution in [3.05, 3.63) is 17.4 Å². The molecule has 0 aliphatic carbocycles. The molecule has 0 saturated heterocycles. The summed E-state index contributed by atoms with van der Waals surface area (Å²) in [5.41, 5.74) is 1.18. The van der Waals surface area contributed by atoms with Gasteiger partial charge in [-0.1, -0.05) is 6.82 Å². The van der Waals surface area contributed by atoms with Crippen molar-refractivity contribution < 1.29 is 13.9 Å². The molecule has 0 bridgehead atoms. The lowest BCUT2D eigenvalue weighted by Crippen LogP contribution is -2.06. The van der Waals surface area contributed by atoms with Crippen LogP contribution in [0.25, 0.3) is 0 Å². The van der Waals surface area contributed by atoms with E-state index in [1.54, 1.807) is 20.3 Å². The third-order valence-corrected chi connectivity index (χ3v) is 1.63. The summed E-state index contributed by atoms with van der Waals surface area (Å²) in [5, 5.41) is 0. The second-order valence-electron chi connectivity index (χ2n) is 2.40. The van der Waals surface area contributed by atoms with Crippen LogP contribution in [0.4, 0.5) is 0 Å². The lowest BCUT2D eigenvalue weighted by molar-refractivity contribution is 0.0599. The van der Waals surface area contributed by atoms with Crippen LogP contribution in [0.1, 0.15) is 16.1 Å². The van der Waals surface area contributed by atoms with Gasteiger partial charge >= 0.3 is 5.97 Å². The quantitative estimate of drug-likeness (QED) is 0.479. The summed E-state index contributed by atoms with van der Waals surface area (Å²) in [6.07, 6.45) is 0. The van der Waals surface area contributed by atoms with Crippen LogP contribution >= 0.6 is 0 Å². The van der Waals surface area contributed by atoms with E-state index in [0.29, 0.717) is 17.0 Å². The Balaban J connectivity index is 2.99. The number of ether oxygens (including phenoxy) is 1. The van der Waals surface area contributed by atoms with Crippen LogP contribution in [-0.4, -0.2) is 20.4 Å². The molecule has 0 fully saturated rings. The van der Waals surface area contributed by atoms with Gasteiger partial charge in [-0.25, -0.2) is 4.79 Å². The maximum Gasteiger partial charge on any atom is 0.341 e. The third-order valence-electron chi connectivity index (χ3n) is 1.63. The Labute approximate surface area is 71.9 Å². The highest BCUT2D eigenvalue weighted by Crippen LogP contribution is 2.07. The van der Waals surface area contributed by atoms with Crippen molar-refractivity contribution in [2.75, 3.05) is 7.11 Å². The van der Waals surface area contributed by atoms with Gasteiger partial charge in [-0.3, -0.25) is 0 Å². The van der Waals surface area contributed by atoms with Gasteiger partial charge in [0.15, 0.2) is 7.28 Å². The van der Waals surface area contributed by atoms with Crippen molar-refractivity contribution in [3.8, 4) is 0 Å². The van der Waals surface area contributed by atoms with Gasteiger partial charge in [-0.05, 0) is 13.0 Å². The van der Waals surface area contributed by atoms with Crippen LogP contribution in [0.3, 0.4) is 0 Å². The molecule has 12 heavy (non-hydrogen) atoms. The lowest BCUT2D eigenvalue weighted by atomic mass is 9.79. The maximum atomic E-state index is 11.1. The minimum Gasteiger partial charge on any atom is -0.476 e. The van der Waals surface area contributed by atoms with Gasteiger partial charge in [0.05, 0.1) is 18.3 Å². The average molecular weight is 165 g/mol. The molecule has 0 amide bonds. The second kappa shape index (κ2) is 3.47. The van der Waals surface area contributed by atoms with Crippen molar-refractivity contribution in [2.24, 2.45) is 0 Å². The van der Waals surface area contributed by atoms with Crippen molar-refractivity contribution in [1.29, 1.82) is 0 Å². The fourth-order valence-electron chi connectivity index (χ4n) is 0.960. The van der Waals surface area contributed by atoms with Gasteiger partial charge in [0.1, 0.15) is 5.76 Å². The standard InChI is InChI=1S/C8H10BO3/c1-5-6(8(10)11-3)4-7(9-2)12-5/h4H,1-3H3. The van der Waals surface area contributed by atoms with Crippen LogP contribution in [0.2, 0.25) is 6.82 Å². The Morgan fingerprint density at radius 2 is 2.33 bits per heavy atom. The topological polar surface area (TPSA) is 39.4 Å². The predicted octanol–water partition coefficient (Wildman–Crippen LogP) is 0.752. The number of rotatable bonds is 2. The zero-order valence-corrected chi connectivity index (χ0v) is 7.38. The van der Waals surface area contributed by atoms with Gasteiger partial charge < -0.3 is 9.15 Å². The molecule has 63 valence electrons. The van der Waals surface area contributed by atoms with E-state index in [9.17, 15) is 4.79 Å². The smallest absolute Gasteiger partial charge is 0.341 e. The summed E-state index contributed by atoms with van der Waals surface area (Å²) in [4.78, 5) is 11.1. The Hall–Kier alpha value is -1.19. The van der Waals surface area contributed by atoms with E-state index in [2.05, 4.69) is 4.74 Å². The fraction of sp³-hybridized carbons (Fsp3) is 0.375. The van der Waals surface area contributed by atoms with Crippen LogP contribution < -0.4 is 5.66 Å². The van der Waals surface area contributed by atoms with E-state index in [1.807, 2.05) is 6.82 Å². The second-order valence-corrected chi connectivity index (χ2v) is 2.40. The first-order valence-corrected chi connectivity index (χ1v) is 3.67. The zero-order chi connectivity index (χ0) is 9.14. The van der Waals surface area contributed by atoms with E-state index in [-0.39, 0.29) is 5.97 Å². The molecule has 0 unspecified atom stereocenters. The zero-order valence-electron chi connectivity index (χ0n) is 7.38. The SMILES string of the molecule is C[B]c1cc(C(=O)OC)c(C)o1. The Bertz CT molecular complexity index is 290. The Morgan fingerprint density at radius 1 is 1.67 bits per heavy atom. The van der Waals surface area contributed by atoms with Gasteiger partial charge in [0, 0.05) is 0 Å². The van der Waals surface area contributed by atoms with E-state index in [4.69, 9.17) is 4.42 Å². The van der Waals surface area contributed by atoms with Crippen LogP contribution in [0.15, 0.2) is 10.5 Å². The molecule has 0 atom stereocenters. The van der Waals surface area contributed by atoms with Crippen molar-refractivity contribution in [1.82, 2.24) is 0 Å². The number of methoxy groups -OCH3 is 1. The molecule has 0 N–H and O–H groups in total. The maximum absolute atomic E-state index is 11.1. The molecule has 1 heterocycles. The van der Waals surface area contributed by atoms with E-state index < -0.39 is 0 Å². The highest BCUT2D eigenvalue weighted by atomic mass is 16.5. The van der Waals surface area contributed by atoms with Gasteiger partial charge in [0.2, 0.25) is 0 Å². The Kier molecular flexibility index (Phi) is 2.58. The van der Waals surface area contributed by atoms with E-state index in [1.165, 1.54) is 7.11 Å². The summed E-state index contributed by atoms with van der Waals surface area (Å²) >= 11 is 0. The van der Waals surface area contributed by atoms with Gasteiger partial charge in [0.25, 0.3) is 0 Å². The molecule has 0 aliphatic heterocycles. The molecule has 0 saturated carbocycles. The van der Waals surface area contributed by atoms with E-state index >= 15 is 0 Å². The van der Waals surface area contributed by atoms with Crippen LogP contribution in [0, 0.1) is 6.92 Å². The normalized spacial score (nSPS) is 9.58. The molecular formula is C8H10BO3. The molecular weight excluding hydrogens is 155 g/mol. The number of carbonyl (C=O) groups is 1. The first-order valence-electron chi connectivity index (χ1n) is 3.67. The first kappa shape index (κ1) is 8.91. The van der Waals surface area contributed by atoms with E-state index in [0.717, 1.165) is 0 Å². The first-order chi connectivity index (χ1) is 5.69. The average Bonchev–Trinajstić information content (AvgIpc) is 2.45. The molecule has 0 aliphatic rings. The summed E-state index contributed by atoms with van der Waals surface area (Å²) in [5.74, 6) is 0.235. The summed E-state index contributed by atoms with van der Waals surface area (Å²) in [6, 6.07) is 1.67. The molecule has 0 aromatic carbocycles. The number of hydrogen-bond acceptors (Lipinski definition) is 3. The van der Waals surface area contributed by atoms with Crippen LogP contribution in [-0.2, 0) is 4.74 Å². The number of aryl methyl sites for hydroxylation is 1. The number of carbonyl (C=O) groups excluding carboxylic acids is 1. The minimum atomic E-state index is -0.357. The number of esters is 1. The predicted molar refractivity (Wildman–Crippen MR) is 46.0 cm³/mol. The highest BCUT2D eigenvalue weighted by molar-refractivity contribution is 6.50. The molecule has 0 spiro atoms. The summed E-state index contributed by atoms with van der Waals surface area (Å²) in [6.45, 7) is 3.58. The highest BCUT2D eigenvalue weighted by Gasteiger charge is 2.13. The molecule has 1 aromatic rings. The molecule has 3 nitrogen and oxygen atoms in total. The van der Waals surface area contributed by atoms with Crippen molar-refractivity contribution in [3.63, 3.8) is 0 Å². The minimum absolute atomic E-state index is 0.357. The molecule has 1 rings (SSSR count). The fourth-order valence-corrected chi connectivity index (χ4v) is 0.960. The lowest BCUT2D eigenvalue weighted by Gasteiger charge is -1.93. The van der Waals surface area contributed by atoms with Crippen molar-refractivity contribution >= 4 is 18.9 Å². The Morgan fingerprint density at radius 3 is 2.75 bits per heavy atom. The monoisotopic (exact) mass is 165 g/mol. The molecule has 4 heteroatoms. The van der Waals surface area contributed by atoms with Crippen molar-refractivity contribution in [2.45, 2.75) is 13.7 Å². The van der Waals surface area contributed by atoms with Crippen LogP contribution in [0.5, 0.6) is 0 Å². The number of furan rings is 1. The summed E-state index contributed by atoms with van der Waals surface area (Å²) < 4.78 is 9.79. The van der Waals surface area contributed by atoms with Gasteiger partial charge in [-0.15, -0.1) is 0 Å². The largest absolute Gasteiger partial charge is 0.476 e. The third kappa shape index (κ3) is 1.52.